The number of hydrogen-bond acceptors (Lipinski definition) is 2. The van der Waals surface area contributed by atoms with Gasteiger partial charge in [-0.2, -0.15) is 0 Å². The molecule has 3 fully saturated rings. The van der Waals surface area contributed by atoms with E-state index in [1.165, 1.54) is 5.57 Å². The van der Waals surface area contributed by atoms with Crippen molar-refractivity contribution in [1.29, 1.82) is 0 Å². The molecule has 0 spiro atoms. The first-order valence-electron chi connectivity index (χ1n) is 6.96. The Morgan fingerprint density at radius 1 is 1.41 bits per heavy atom. The molecule has 0 aromatic rings. The fourth-order valence-electron chi connectivity index (χ4n) is 4.30. The van der Waals surface area contributed by atoms with Crippen molar-refractivity contribution < 1.29 is 9.84 Å². The molecule has 96 valence electrons. The van der Waals surface area contributed by atoms with Gasteiger partial charge >= 0.3 is 0 Å². The number of allylic oxidation sites excluding steroid dienone is 1. The first kappa shape index (κ1) is 11.7. The van der Waals surface area contributed by atoms with Crippen molar-refractivity contribution in [2.45, 2.75) is 63.8 Å². The molecule has 2 nitrogen and oxygen atoms in total. The van der Waals surface area contributed by atoms with Gasteiger partial charge in [-0.15, -0.1) is 0 Å². The normalized spacial score (nSPS) is 53.2. The molecule has 2 unspecified atom stereocenters. The van der Waals surface area contributed by atoms with Crippen molar-refractivity contribution in [3.63, 3.8) is 0 Å². The van der Waals surface area contributed by atoms with Gasteiger partial charge in [-0.25, -0.2) is 0 Å². The molecule has 1 saturated heterocycles. The summed E-state index contributed by atoms with van der Waals surface area (Å²) >= 11 is 0. The number of rotatable bonds is 1. The maximum Gasteiger partial charge on any atom is 0.0978 e. The predicted molar refractivity (Wildman–Crippen MR) is 67.7 cm³/mol. The molecule has 17 heavy (non-hydrogen) atoms. The summed E-state index contributed by atoms with van der Waals surface area (Å²) in [5.74, 6) is 1.30. The molecule has 2 heteroatoms. The van der Waals surface area contributed by atoms with E-state index in [1.807, 2.05) is 6.92 Å². The van der Waals surface area contributed by atoms with Crippen LogP contribution in [0.2, 0.25) is 0 Å². The van der Waals surface area contributed by atoms with Gasteiger partial charge in [0.1, 0.15) is 0 Å². The summed E-state index contributed by atoms with van der Waals surface area (Å²) in [5, 5.41) is 10.6. The van der Waals surface area contributed by atoms with Crippen LogP contribution in [0.5, 0.6) is 0 Å². The average Bonchev–Trinajstić information content (AvgIpc) is 2.88. The third kappa shape index (κ3) is 1.47. The van der Waals surface area contributed by atoms with Crippen molar-refractivity contribution >= 4 is 0 Å². The summed E-state index contributed by atoms with van der Waals surface area (Å²) in [4.78, 5) is 0. The monoisotopic (exact) mass is 236 g/mol. The van der Waals surface area contributed by atoms with Crippen LogP contribution in [0.15, 0.2) is 12.2 Å². The van der Waals surface area contributed by atoms with Crippen LogP contribution in [0.3, 0.4) is 0 Å². The van der Waals surface area contributed by atoms with Crippen LogP contribution in [0.1, 0.15) is 46.5 Å². The zero-order valence-electron chi connectivity index (χ0n) is 11.2. The molecule has 0 radical (unpaired) electrons. The first-order valence-corrected chi connectivity index (χ1v) is 6.96. The van der Waals surface area contributed by atoms with Crippen LogP contribution in [0.25, 0.3) is 0 Å². The van der Waals surface area contributed by atoms with Crippen LogP contribution in [-0.2, 0) is 4.74 Å². The van der Waals surface area contributed by atoms with Gasteiger partial charge in [0.05, 0.1) is 17.3 Å². The number of ether oxygens (including phenoxy) is 1. The minimum Gasteiger partial charge on any atom is -0.390 e. The van der Waals surface area contributed by atoms with E-state index >= 15 is 0 Å². The van der Waals surface area contributed by atoms with Gasteiger partial charge in [0.15, 0.2) is 0 Å². The fraction of sp³-hybridized carbons (Fsp3) is 0.867. The maximum atomic E-state index is 10.6. The van der Waals surface area contributed by atoms with Crippen LogP contribution < -0.4 is 0 Å². The molecular weight excluding hydrogens is 212 g/mol. The summed E-state index contributed by atoms with van der Waals surface area (Å²) < 4.78 is 6.10. The predicted octanol–water partition coefficient (Wildman–Crippen LogP) is 2.91. The minimum atomic E-state index is -0.556. The molecule has 0 aromatic heterocycles. The molecule has 2 saturated carbocycles. The van der Waals surface area contributed by atoms with E-state index in [4.69, 9.17) is 4.74 Å². The third-order valence-corrected chi connectivity index (χ3v) is 5.55. The van der Waals surface area contributed by atoms with Gasteiger partial charge in [-0.3, -0.25) is 0 Å². The zero-order chi connectivity index (χ0) is 12.4. The highest BCUT2D eigenvalue weighted by Crippen LogP contribution is 2.61. The number of aliphatic hydroxyl groups is 1. The van der Waals surface area contributed by atoms with Crippen LogP contribution in [-0.4, -0.2) is 22.4 Å². The Labute approximate surface area is 104 Å². The quantitative estimate of drug-likeness (QED) is 0.561. The molecule has 0 bridgehead atoms. The Morgan fingerprint density at radius 2 is 2.12 bits per heavy atom. The van der Waals surface area contributed by atoms with Crippen molar-refractivity contribution in [2.24, 2.45) is 17.8 Å². The van der Waals surface area contributed by atoms with Gasteiger partial charge in [0.2, 0.25) is 0 Å². The fourth-order valence-corrected chi connectivity index (χ4v) is 4.30. The van der Waals surface area contributed by atoms with Gasteiger partial charge in [-0.1, -0.05) is 26.0 Å². The zero-order valence-corrected chi connectivity index (χ0v) is 11.2. The third-order valence-electron chi connectivity index (χ3n) is 5.55. The van der Waals surface area contributed by atoms with E-state index in [1.54, 1.807) is 0 Å². The highest BCUT2D eigenvalue weighted by Gasteiger charge is 2.68. The van der Waals surface area contributed by atoms with E-state index in [-0.39, 0.29) is 17.6 Å². The maximum absolute atomic E-state index is 10.6. The van der Waals surface area contributed by atoms with E-state index in [0.717, 1.165) is 25.7 Å². The Kier molecular flexibility index (Phi) is 2.32. The van der Waals surface area contributed by atoms with Crippen molar-refractivity contribution in [3.05, 3.63) is 12.2 Å². The first-order chi connectivity index (χ1) is 7.88. The summed E-state index contributed by atoms with van der Waals surface area (Å²) in [6, 6.07) is 0. The van der Waals surface area contributed by atoms with E-state index in [0.29, 0.717) is 11.8 Å². The molecule has 3 aliphatic rings. The second kappa shape index (κ2) is 3.36. The van der Waals surface area contributed by atoms with Crippen LogP contribution in [0.4, 0.5) is 0 Å². The Morgan fingerprint density at radius 3 is 2.76 bits per heavy atom. The molecule has 2 aliphatic carbocycles. The number of fused-ring (bicyclic) bond motifs is 3. The number of hydrogen-bond donors (Lipinski definition) is 1. The molecule has 1 heterocycles. The largest absolute Gasteiger partial charge is 0.390 e. The minimum absolute atomic E-state index is 0.0384. The Balaban J connectivity index is 1.96. The van der Waals surface area contributed by atoms with Crippen molar-refractivity contribution in [3.8, 4) is 0 Å². The summed E-state index contributed by atoms with van der Waals surface area (Å²) in [7, 11) is 0. The van der Waals surface area contributed by atoms with Crippen LogP contribution in [0, 0.1) is 17.8 Å². The lowest BCUT2D eigenvalue weighted by atomic mass is 9.77. The molecule has 1 N–H and O–H groups in total. The highest BCUT2D eigenvalue weighted by molar-refractivity contribution is 5.23. The lowest BCUT2D eigenvalue weighted by molar-refractivity contribution is 0.00193. The second-order valence-electron chi connectivity index (χ2n) is 6.83. The molecule has 1 aliphatic heterocycles. The van der Waals surface area contributed by atoms with Crippen molar-refractivity contribution in [1.82, 2.24) is 0 Å². The van der Waals surface area contributed by atoms with E-state index in [2.05, 4.69) is 20.4 Å². The van der Waals surface area contributed by atoms with Crippen LogP contribution >= 0.6 is 0 Å². The molecular formula is C15H24O2. The topological polar surface area (TPSA) is 32.8 Å². The lowest BCUT2D eigenvalue weighted by Crippen LogP contribution is -2.38. The molecule has 0 amide bonds. The summed E-state index contributed by atoms with van der Waals surface area (Å²) in [5.41, 5.74) is 0.833. The molecule has 0 aromatic carbocycles. The SMILES string of the molecule is C=C1CC[C@@]2(C(C)C)O[C@H]2C2[C@@H]1CCC2(C)O. The van der Waals surface area contributed by atoms with Gasteiger partial charge < -0.3 is 9.84 Å². The summed E-state index contributed by atoms with van der Waals surface area (Å²) in [6.07, 6.45) is 4.42. The highest BCUT2D eigenvalue weighted by atomic mass is 16.6. The lowest BCUT2D eigenvalue weighted by Gasteiger charge is -2.28. The average molecular weight is 236 g/mol. The van der Waals surface area contributed by atoms with Crippen molar-refractivity contribution in [2.75, 3.05) is 0 Å². The molecule has 3 rings (SSSR count). The van der Waals surface area contributed by atoms with Gasteiger partial charge in [0.25, 0.3) is 0 Å². The van der Waals surface area contributed by atoms with Gasteiger partial charge in [-0.05, 0) is 44.4 Å². The summed E-state index contributed by atoms with van der Waals surface area (Å²) in [6.45, 7) is 10.7. The number of epoxide rings is 1. The molecule has 5 atom stereocenters. The smallest absolute Gasteiger partial charge is 0.0978 e. The van der Waals surface area contributed by atoms with E-state index < -0.39 is 5.60 Å². The Bertz CT molecular complexity index is 358. The second-order valence-corrected chi connectivity index (χ2v) is 6.83. The van der Waals surface area contributed by atoms with E-state index in [9.17, 15) is 5.11 Å². The standard InChI is InChI=1S/C15H24O2/c1-9(2)15-8-5-10(3)11-6-7-14(4,16)12(11)13(15)17-15/h9,11-13,16H,3,5-8H2,1-2,4H3/t11-,12?,13+,14?,15+/m1/s1. The van der Waals surface area contributed by atoms with Gasteiger partial charge in [0, 0.05) is 5.92 Å². The Hall–Kier alpha value is -0.340.